The number of halogens is 1. The molecule has 0 aliphatic heterocycles. The van der Waals surface area contributed by atoms with E-state index in [1.807, 2.05) is 0 Å². The summed E-state index contributed by atoms with van der Waals surface area (Å²) in [5, 5.41) is 0. The van der Waals surface area contributed by atoms with Gasteiger partial charge >= 0.3 is 48.1 Å². The average molecular weight is 205 g/mol. The average Bonchev–Trinajstić information content (AvgIpc) is 1.35. The minimum absolute atomic E-state index is 0. The first-order chi connectivity index (χ1) is 2.56. The first kappa shape index (κ1) is 16.5. The van der Waals surface area contributed by atoms with Crippen molar-refractivity contribution < 1.29 is 16.7 Å². The third kappa shape index (κ3) is 15.7. The van der Waals surface area contributed by atoms with E-state index in [4.69, 9.17) is 4.55 Å². The molecule has 0 aliphatic rings. The van der Waals surface area contributed by atoms with E-state index < -0.39 is 10.4 Å². The third-order valence-electron chi connectivity index (χ3n) is 0.0796. The molecule has 0 aliphatic carbocycles. The predicted octanol–water partition coefficient (Wildman–Crippen LogP) is -2.14. The molecule has 4 nitrogen and oxygen atoms in total. The van der Waals surface area contributed by atoms with E-state index in [-0.39, 0.29) is 55.1 Å². The molecule has 0 bridgehead atoms. The molecule has 0 aromatic heterocycles. The van der Waals surface area contributed by atoms with Crippen molar-refractivity contribution in [2.45, 2.75) is 0 Å². The Balaban J connectivity index is -0.000000125. The monoisotopic (exact) mass is 204 g/mol. The molecule has 0 fully saturated rings. The molecule has 0 unspecified atom stereocenters. The van der Waals surface area contributed by atoms with Crippen LogP contribution in [0.4, 0.5) is 0 Å². The fourth-order valence-corrected chi connectivity index (χ4v) is 0. The molecule has 8 heteroatoms. The molecule has 0 aromatic rings. The summed E-state index contributed by atoms with van der Waals surface area (Å²) in [6, 6.07) is 0. The first-order valence-corrected chi connectivity index (χ1v) is 2.51. The van der Waals surface area contributed by atoms with E-state index in [2.05, 4.69) is 15.6 Å². The van der Waals surface area contributed by atoms with Crippen molar-refractivity contribution in [3.05, 3.63) is 0 Å². The quantitative estimate of drug-likeness (QED) is 0.391. The molecule has 0 heterocycles. The molecule has 48 valence electrons. The second-order valence-corrected chi connectivity index (χ2v) is 1.85. The van der Waals surface area contributed by atoms with E-state index in [1.54, 1.807) is 0 Å². The van der Waals surface area contributed by atoms with Crippen LogP contribution in [-0.4, -0.2) is 68.1 Å². The topological polar surface area (TPSA) is 63.6 Å². The van der Waals surface area contributed by atoms with Gasteiger partial charge in [0.15, 0.2) is 17.4 Å². The Morgan fingerprint density at radius 2 is 1.62 bits per heavy atom. The Bertz CT molecular complexity index is 118. The number of hydrogen-bond donors (Lipinski definition) is 1. The zero-order valence-corrected chi connectivity index (χ0v) is 4.03. The van der Waals surface area contributed by atoms with Gasteiger partial charge in [0.1, 0.15) is 0 Å². The normalized spacial score (nSPS) is 8.75. The van der Waals surface area contributed by atoms with E-state index in [0.29, 0.717) is 0 Å². The van der Waals surface area contributed by atoms with Gasteiger partial charge in [0.25, 0.3) is 0 Å². The van der Waals surface area contributed by atoms with Crippen LogP contribution < -0.4 is 0 Å². The van der Waals surface area contributed by atoms with Crippen LogP contribution >= 0.6 is 11.9 Å². The number of rotatable bonds is 1. The fraction of sp³-hybridized carbons (Fsp3) is 0. The van der Waals surface area contributed by atoms with Crippen molar-refractivity contribution >= 4 is 77.4 Å². The van der Waals surface area contributed by atoms with E-state index in [1.165, 1.54) is 0 Å². The summed E-state index contributed by atoms with van der Waals surface area (Å²) in [6.45, 7) is 0. The van der Waals surface area contributed by atoms with Crippen molar-refractivity contribution in [3.63, 3.8) is 0 Å². The predicted molar refractivity (Wildman–Crippen MR) is 37.0 cm³/mol. The molecule has 0 spiro atoms. The standard InChI is InChI=1S/Al.Ca.ClHO4S.5H/c;;1-5-6(2,3)4;;;;;/h;;(H,2,3,4);;;;;. The molecular weight excluding hydrogens is 199 g/mol. The van der Waals surface area contributed by atoms with Gasteiger partial charge in [-0.15, -0.1) is 3.74 Å². The molecule has 0 aromatic carbocycles. The maximum absolute atomic E-state index is 9.20. The fourth-order valence-electron chi connectivity index (χ4n) is 0. The molecule has 0 radical (unpaired) electrons. The number of hydrogen-bond acceptors (Lipinski definition) is 3. The maximum atomic E-state index is 9.20. The second kappa shape index (κ2) is 7.06. The van der Waals surface area contributed by atoms with E-state index in [9.17, 15) is 8.42 Å². The van der Waals surface area contributed by atoms with Gasteiger partial charge < -0.3 is 0 Å². The van der Waals surface area contributed by atoms with Crippen LogP contribution in [0.3, 0.4) is 0 Å². The summed E-state index contributed by atoms with van der Waals surface area (Å²) < 4.78 is 28.8. The molecule has 0 atom stereocenters. The van der Waals surface area contributed by atoms with Crippen LogP contribution in [0.25, 0.3) is 0 Å². The van der Waals surface area contributed by atoms with Crippen molar-refractivity contribution in [1.29, 1.82) is 0 Å². The van der Waals surface area contributed by atoms with Crippen LogP contribution in [0.2, 0.25) is 0 Å². The Kier molecular flexibility index (Phi) is 14.6. The Labute approximate surface area is 92.8 Å². The summed E-state index contributed by atoms with van der Waals surface area (Å²) >= 11 is 4.14. The zero-order valence-electron chi connectivity index (χ0n) is 2.46. The van der Waals surface area contributed by atoms with Gasteiger partial charge in [0.2, 0.25) is 0 Å². The van der Waals surface area contributed by atoms with Crippen LogP contribution in [0.15, 0.2) is 0 Å². The van der Waals surface area contributed by atoms with Crippen molar-refractivity contribution in [2.75, 3.05) is 0 Å². The van der Waals surface area contributed by atoms with Crippen molar-refractivity contribution in [1.82, 2.24) is 0 Å². The summed E-state index contributed by atoms with van der Waals surface area (Å²) in [7, 11) is -4.40. The van der Waals surface area contributed by atoms with Gasteiger partial charge in [-0.05, 0) is 0 Å². The SMILES string of the molecule is O=S(=O)(O)OCl.[AlH3].[CaH2]. The van der Waals surface area contributed by atoms with Crippen molar-refractivity contribution in [3.8, 4) is 0 Å². The molecule has 8 heavy (non-hydrogen) atoms. The Morgan fingerprint density at radius 1 is 1.50 bits per heavy atom. The minimum atomic E-state index is -4.40. The summed E-state index contributed by atoms with van der Waals surface area (Å²) in [5.74, 6) is 0. The van der Waals surface area contributed by atoms with E-state index >= 15 is 0 Å². The van der Waals surface area contributed by atoms with E-state index in [0.717, 1.165) is 0 Å². The first-order valence-electron chi connectivity index (χ1n) is 0.837. The van der Waals surface area contributed by atoms with Gasteiger partial charge in [-0.25, -0.2) is 0 Å². The molecule has 0 saturated heterocycles. The van der Waals surface area contributed by atoms with Gasteiger partial charge in [0, 0.05) is 0 Å². The van der Waals surface area contributed by atoms with Crippen LogP contribution in [0.5, 0.6) is 0 Å². The molecule has 1 N–H and O–H groups in total. The zero-order chi connectivity index (χ0) is 5.21. The second-order valence-electron chi connectivity index (χ2n) is 0.491. The van der Waals surface area contributed by atoms with Gasteiger partial charge in [-0.1, -0.05) is 0 Å². The third-order valence-corrected chi connectivity index (χ3v) is 0.716. The van der Waals surface area contributed by atoms with Gasteiger partial charge in [-0.2, -0.15) is 8.42 Å². The van der Waals surface area contributed by atoms with Crippen LogP contribution in [-0.2, 0) is 14.1 Å². The van der Waals surface area contributed by atoms with Crippen LogP contribution in [0, 0.1) is 0 Å². The summed E-state index contributed by atoms with van der Waals surface area (Å²) in [5.41, 5.74) is 0. The molecular formula is H6AlCaClO4S. The molecule has 0 saturated carbocycles. The van der Waals surface area contributed by atoms with Gasteiger partial charge in [0.05, 0.1) is 11.9 Å². The Hall–Kier alpha value is 1.95. The van der Waals surface area contributed by atoms with Crippen molar-refractivity contribution in [2.24, 2.45) is 0 Å². The van der Waals surface area contributed by atoms with Gasteiger partial charge in [-0.3, -0.25) is 4.55 Å². The molecule has 0 amide bonds. The summed E-state index contributed by atoms with van der Waals surface area (Å²) in [4.78, 5) is 0. The molecule has 0 rings (SSSR count). The van der Waals surface area contributed by atoms with Crippen LogP contribution in [0.1, 0.15) is 0 Å². The summed E-state index contributed by atoms with van der Waals surface area (Å²) in [6.07, 6.45) is 0. The Morgan fingerprint density at radius 3 is 1.62 bits per heavy atom.